The SMILES string of the molecule is Cn1cc(N2CC3(CCN(C(=O)C4CCOC4)C3)CC2=O)cn1. The highest BCUT2D eigenvalue weighted by molar-refractivity contribution is 5.96. The van der Waals surface area contributed by atoms with Crippen LogP contribution in [0.3, 0.4) is 0 Å². The molecule has 3 aliphatic heterocycles. The molecule has 0 bridgehead atoms. The van der Waals surface area contributed by atoms with Gasteiger partial charge in [0.25, 0.3) is 0 Å². The quantitative estimate of drug-likeness (QED) is 0.792. The molecule has 23 heavy (non-hydrogen) atoms. The summed E-state index contributed by atoms with van der Waals surface area (Å²) in [6, 6.07) is 0. The van der Waals surface area contributed by atoms with Crippen molar-refractivity contribution in [3.05, 3.63) is 12.4 Å². The molecule has 1 aromatic rings. The molecule has 7 heteroatoms. The molecule has 1 spiro atoms. The molecule has 3 saturated heterocycles. The second-order valence-electron chi connectivity index (χ2n) is 7.10. The fourth-order valence-electron chi connectivity index (χ4n) is 4.06. The van der Waals surface area contributed by atoms with E-state index in [2.05, 4.69) is 5.10 Å². The van der Waals surface area contributed by atoms with Gasteiger partial charge in [-0.25, -0.2) is 0 Å². The van der Waals surface area contributed by atoms with Gasteiger partial charge < -0.3 is 14.5 Å². The first-order valence-electron chi connectivity index (χ1n) is 8.22. The second kappa shape index (κ2) is 5.33. The van der Waals surface area contributed by atoms with Crippen molar-refractivity contribution in [2.24, 2.45) is 18.4 Å². The molecule has 0 aromatic carbocycles. The molecule has 0 aliphatic carbocycles. The second-order valence-corrected chi connectivity index (χ2v) is 7.10. The largest absolute Gasteiger partial charge is 0.381 e. The Hall–Kier alpha value is -1.89. The van der Waals surface area contributed by atoms with Crippen LogP contribution in [0, 0.1) is 11.3 Å². The molecule has 2 unspecified atom stereocenters. The Balaban J connectivity index is 1.46. The summed E-state index contributed by atoms with van der Waals surface area (Å²) in [5.41, 5.74) is 0.755. The average Bonchev–Trinajstić information content (AvgIpc) is 3.28. The topological polar surface area (TPSA) is 67.7 Å². The van der Waals surface area contributed by atoms with Crippen LogP contribution in [-0.4, -0.2) is 59.3 Å². The number of aryl methyl sites for hydroxylation is 1. The number of hydrogen-bond acceptors (Lipinski definition) is 4. The number of rotatable bonds is 2. The molecular formula is C16H22N4O3. The van der Waals surface area contributed by atoms with Gasteiger partial charge >= 0.3 is 0 Å². The van der Waals surface area contributed by atoms with Crippen molar-refractivity contribution >= 4 is 17.5 Å². The van der Waals surface area contributed by atoms with Crippen molar-refractivity contribution < 1.29 is 14.3 Å². The first kappa shape index (κ1) is 14.7. The van der Waals surface area contributed by atoms with Gasteiger partial charge in [0.15, 0.2) is 0 Å². The van der Waals surface area contributed by atoms with E-state index < -0.39 is 0 Å². The highest BCUT2D eigenvalue weighted by Crippen LogP contribution is 2.42. The minimum absolute atomic E-state index is 0.0108. The highest BCUT2D eigenvalue weighted by atomic mass is 16.5. The summed E-state index contributed by atoms with van der Waals surface area (Å²) in [7, 11) is 1.85. The fraction of sp³-hybridized carbons (Fsp3) is 0.688. The van der Waals surface area contributed by atoms with Crippen LogP contribution in [0.2, 0.25) is 0 Å². The predicted octanol–water partition coefficient (Wildman–Crippen LogP) is 0.412. The molecule has 124 valence electrons. The molecule has 3 fully saturated rings. The van der Waals surface area contributed by atoms with Crippen LogP contribution in [0.15, 0.2) is 12.4 Å². The lowest BCUT2D eigenvalue weighted by Gasteiger charge is -2.25. The van der Waals surface area contributed by atoms with Crippen LogP contribution in [0.4, 0.5) is 5.69 Å². The van der Waals surface area contributed by atoms with E-state index in [1.54, 1.807) is 10.9 Å². The predicted molar refractivity (Wildman–Crippen MR) is 82.7 cm³/mol. The van der Waals surface area contributed by atoms with Crippen LogP contribution in [-0.2, 0) is 21.4 Å². The Morgan fingerprint density at radius 3 is 3.00 bits per heavy atom. The maximum Gasteiger partial charge on any atom is 0.228 e. The fourth-order valence-corrected chi connectivity index (χ4v) is 4.06. The Labute approximate surface area is 135 Å². The van der Waals surface area contributed by atoms with E-state index in [9.17, 15) is 9.59 Å². The number of anilines is 1. The summed E-state index contributed by atoms with van der Waals surface area (Å²) >= 11 is 0. The number of nitrogens with zero attached hydrogens (tertiary/aromatic N) is 4. The molecule has 0 radical (unpaired) electrons. The number of hydrogen-bond donors (Lipinski definition) is 0. The summed E-state index contributed by atoms with van der Waals surface area (Å²) in [5.74, 6) is 0.347. The van der Waals surface area contributed by atoms with Gasteiger partial charge in [0.05, 0.1) is 24.4 Å². The van der Waals surface area contributed by atoms with Crippen molar-refractivity contribution in [1.82, 2.24) is 14.7 Å². The van der Waals surface area contributed by atoms with Crippen LogP contribution in [0.5, 0.6) is 0 Å². The molecule has 3 aliphatic rings. The van der Waals surface area contributed by atoms with E-state index >= 15 is 0 Å². The van der Waals surface area contributed by atoms with Crippen molar-refractivity contribution in [2.45, 2.75) is 19.3 Å². The lowest BCUT2D eigenvalue weighted by atomic mass is 9.86. The molecule has 2 atom stereocenters. The average molecular weight is 318 g/mol. The summed E-state index contributed by atoms with van der Waals surface area (Å²) in [5, 5.41) is 4.15. The van der Waals surface area contributed by atoms with Crippen molar-refractivity contribution in [2.75, 3.05) is 37.7 Å². The van der Waals surface area contributed by atoms with E-state index in [1.165, 1.54) is 0 Å². The van der Waals surface area contributed by atoms with Crippen LogP contribution >= 0.6 is 0 Å². The van der Waals surface area contributed by atoms with Gasteiger partial charge in [-0.2, -0.15) is 5.10 Å². The van der Waals surface area contributed by atoms with Gasteiger partial charge in [0.1, 0.15) is 0 Å². The number of aromatic nitrogens is 2. The maximum absolute atomic E-state index is 12.6. The standard InChI is InChI=1S/C16H22N4O3/c1-18-8-13(7-17-18)20-11-16(6-14(20)21)3-4-19(10-16)15(22)12-2-5-23-9-12/h7-8,12H,2-6,9-11H2,1H3. The van der Waals surface area contributed by atoms with E-state index in [0.717, 1.165) is 25.1 Å². The lowest BCUT2D eigenvalue weighted by Crippen LogP contribution is -2.37. The Morgan fingerprint density at radius 1 is 1.43 bits per heavy atom. The van der Waals surface area contributed by atoms with E-state index in [-0.39, 0.29) is 23.1 Å². The molecule has 1 aromatic heterocycles. The van der Waals surface area contributed by atoms with Gasteiger partial charge in [-0.05, 0) is 12.8 Å². The highest BCUT2D eigenvalue weighted by Gasteiger charge is 2.49. The van der Waals surface area contributed by atoms with Crippen molar-refractivity contribution in [3.63, 3.8) is 0 Å². The first-order chi connectivity index (χ1) is 11.1. The van der Waals surface area contributed by atoms with Crippen LogP contribution in [0.1, 0.15) is 19.3 Å². The normalized spacial score (nSPS) is 30.8. The maximum atomic E-state index is 12.6. The molecular weight excluding hydrogens is 296 g/mol. The number of likely N-dealkylation sites (tertiary alicyclic amines) is 1. The number of ether oxygens (including phenoxy) is 1. The van der Waals surface area contributed by atoms with E-state index in [0.29, 0.717) is 32.7 Å². The lowest BCUT2D eigenvalue weighted by molar-refractivity contribution is -0.135. The van der Waals surface area contributed by atoms with Crippen LogP contribution < -0.4 is 4.90 Å². The van der Waals surface area contributed by atoms with E-state index in [4.69, 9.17) is 4.74 Å². The molecule has 4 rings (SSSR count). The van der Waals surface area contributed by atoms with Gasteiger partial charge in [-0.3, -0.25) is 14.3 Å². The molecule has 0 saturated carbocycles. The third-order valence-electron chi connectivity index (χ3n) is 5.35. The molecule has 7 nitrogen and oxygen atoms in total. The summed E-state index contributed by atoms with van der Waals surface area (Å²) in [4.78, 5) is 28.8. The van der Waals surface area contributed by atoms with Gasteiger partial charge in [0.2, 0.25) is 11.8 Å². The van der Waals surface area contributed by atoms with Gasteiger partial charge in [-0.15, -0.1) is 0 Å². The van der Waals surface area contributed by atoms with Gasteiger partial charge in [-0.1, -0.05) is 0 Å². The Kier molecular flexibility index (Phi) is 3.41. The van der Waals surface area contributed by atoms with Crippen molar-refractivity contribution in [1.29, 1.82) is 0 Å². The zero-order chi connectivity index (χ0) is 16.0. The minimum Gasteiger partial charge on any atom is -0.381 e. The molecule has 4 heterocycles. The van der Waals surface area contributed by atoms with Crippen LogP contribution in [0.25, 0.3) is 0 Å². The third kappa shape index (κ3) is 2.52. The first-order valence-corrected chi connectivity index (χ1v) is 8.22. The Morgan fingerprint density at radius 2 is 2.30 bits per heavy atom. The number of carbonyl (C=O) groups is 2. The summed E-state index contributed by atoms with van der Waals surface area (Å²) < 4.78 is 7.04. The Bertz CT molecular complexity index is 637. The number of amides is 2. The summed E-state index contributed by atoms with van der Waals surface area (Å²) in [6.07, 6.45) is 5.83. The van der Waals surface area contributed by atoms with Gasteiger partial charge in [0, 0.05) is 51.3 Å². The summed E-state index contributed by atoms with van der Waals surface area (Å²) in [6.45, 7) is 3.35. The molecule has 0 N–H and O–H groups in total. The minimum atomic E-state index is -0.0952. The zero-order valence-electron chi connectivity index (χ0n) is 13.4. The van der Waals surface area contributed by atoms with E-state index in [1.807, 2.05) is 23.0 Å². The van der Waals surface area contributed by atoms with Crippen molar-refractivity contribution in [3.8, 4) is 0 Å². The monoisotopic (exact) mass is 318 g/mol. The zero-order valence-corrected chi connectivity index (χ0v) is 13.4. The molecule has 2 amide bonds. The number of carbonyl (C=O) groups excluding carboxylic acids is 2. The third-order valence-corrected chi connectivity index (χ3v) is 5.35. The smallest absolute Gasteiger partial charge is 0.228 e.